The van der Waals surface area contributed by atoms with Crippen molar-refractivity contribution in [2.75, 3.05) is 6.61 Å². The Kier molecular flexibility index (Phi) is 3.53. The minimum Gasteiger partial charge on any atom is -0.492 e. The molecule has 118 valence electrons. The van der Waals surface area contributed by atoms with Crippen molar-refractivity contribution < 1.29 is 9.47 Å². The number of fused-ring (bicyclic) bond motifs is 1. The van der Waals surface area contributed by atoms with Crippen LogP contribution in [0.3, 0.4) is 0 Å². The van der Waals surface area contributed by atoms with Crippen LogP contribution in [0, 0.1) is 5.92 Å². The fourth-order valence-electron chi connectivity index (χ4n) is 2.29. The summed E-state index contributed by atoms with van der Waals surface area (Å²) in [5.41, 5.74) is 0.713. The van der Waals surface area contributed by atoms with Gasteiger partial charge in [0.15, 0.2) is 5.65 Å². The van der Waals surface area contributed by atoms with E-state index in [1.807, 2.05) is 19.2 Å². The van der Waals surface area contributed by atoms with Gasteiger partial charge < -0.3 is 9.47 Å². The van der Waals surface area contributed by atoms with E-state index in [9.17, 15) is 0 Å². The lowest BCUT2D eigenvalue weighted by molar-refractivity contribution is 0.299. The van der Waals surface area contributed by atoms with Gasteiger partial charge in [0.05, 0.1) is 17.8 Å². The SMILES string of the molecule is Cn1ncc2c(Oc3ccc(OCC4CC4)c(Cl)c3)ncnc21. The van der Waals surface area contributed by atoms with Crippen molar-refractivity contribution in [2.24, 2.45) is 13.0 Å². The molecule has 1 aliphatic carbocycles. The molecule has 0 unspecified atom stereocenters. The molecule has 1 fully saturated rings. The van der Waals surface area contributed by atoms with Crippen molar-refractivity contribution in [3.63, 3.8) is 0 Å². The Hall–Kier alpha value is -2.34. The van der Waals surface area contributed by atoms with E-state index >= 15 is 0 Å². The highest BCUT2D eigenvalue weighted by Gasteiger charge is 2.22. The predicted molar refractivity (Wildman–Crippen MR) is 86.0 cm³/mol. The summed E-state index contributed by atoms with van der Waals surface area (Å²) in [7, 11) is 1.82. The number of aryl methyl sites for hydroxylation is 1. The van der Waals surface area contributed by atoms with Crippen LogP contribution in [0.4, 0.5) is 0 Å². The first-order valence-electron chi connectivity index (χ1n) is 7.43. The summed E-state index contributed by atoms with van der Waals surface area (Å²) < 4.78 is 13.2. The predicted octanol–water partition coefficient (Wildman–Crippen LogP) is 3.60. The molecule has 6 nitrogen and oxygen atoms in total. The molecule has 1 aromatic carbocycles. The fraction of sp³-hybridized carbons (Fsp3) is 0.312. The van der Waals surface area contributed by atoms with E-state index in [2.05, 4.69) is 15.1 Å². The zero-order chi connectivity index (χ0) is 15.8. The third-order valence-electron chi connectivity index (χ3n) is 3.78. The van der Waals surface area contributed by atoms with Gasteiger partial charge in [-0.25, -0.2) is 9.97 Å². The highest BCUT2D eigenvalue weighted by molar-refractivity contribution is 6.32. The number of nitrogens with zero attached hydrogens (tertiary/aromatic N) is 4. The number of aromatic nitrogens is 4. The molecule has 0 radical (unpaired) electrons. The Morgan fingerprint density at radius 3 is 2.96 bits per heavy atom. The Bertz CT molecular complexity index is 860. The van der Waals surface area contributed by atoms with Gasteiger partial charge in [0.1, 0.15) is 23.2 Å². The van der Waals surface area contributed by atoms with Crippen molar-refractivity contribution in [3.05, 3.63) is 35.7 Å². The van der Waals surface area contributed by atoms with Gasteiger partial charge in [-0.2, -0.15) is 5.10 Å². The lowest BCUT2D eigenvalue weighted by Gasteiger charge is -2.10. The number of hydrogen-bond donors (Lipinski definition) is 0. The standard InChI is InChI=1S/C16H15ClN4O2/c1-21-15-12(7-20-21)16(19-9-18-15)23-11-4-5-14(13(17)6-11)22-8-10-2-3-10/h4-7,9-10H,2-3,8H2,1H3. The van der Waals surface area contributed by atoms with Crippen LogP contribution < -0.4 is 9.47 Å². The van der Waals surface area contributed by atoms with Crippen molar-refractivity contribution >= 4 is 22.6 Å². The molecule has 2 aromatic heterocycles. The van der Waals surface area contributed by atoms with Crippen LogP contribution in [0.1, 0.15) is 12.8 Å². The van der Waals surface area contributed by atoms with Gasteiger partial charge in [-0.05, 0) is 30.9 Å². The van der Waals surface area contributed by atoms with E-state index in [-0.39, 0.29) is 0 Å². The van der Waals surface area contributed by atoms with E-state index in [4.69, 9.17) is 21.1 Å². The monoisotopic (exact) mass is 330 g/mol. The molecule has 0 bridgehead atoms. The first-order chi connectivity index (χ1) is 11.2. The van der Waals surface area contributed by atoms with Crippen LogP contribution in [-0.4, -0.2) is 26.4 Å². The highest BCUT2D eigenvalue weighted by atomic mass is 35.5. The van der Waals surface area contributed by atoms with Crippen LogP contribution in [0.15, 0.2) is 30.7 Å². The van der Waals surface area contributed by atoms with E-state index in [0.717, 1.165) is 12.0 Å². The second kappa shape index (κ2) is 5.70. The van der Waals surface area contributed by atoms with Crippen molar-refractivity contribution in [3.8, 4) is 17.4 Å². The van der Waals surface area contributed by atoms with Crippen LogP contribution in [0.5, 0.6) is 17.4 Å². The fourth-order valence-corrected chi connectivity index (χ4v) is 2.51. The lowest BCUT2D eigenvalue weighted by Crippen LogP contribution is -1.99. The summed E-state index contributed by atoms with van der Waals surface area (Å²) in [4.78, 5) is 8.36. The summed E-state index contributed by atoms with van der Waals surface area (Å²) in [6.07, 6.45) is 5.62. The van der Waals surface area contributed by atoms with E-state index < -0.39 is 0 Å². The molecular formula is C16H15ClN4O2. The van der Waals surface area contributed by atoms with E-state index in [1.54, 1.807) is 16.9 Å². The molecule has 0 amide bonds. The van der Waals surface area contributed by atoms with Crippen molar-refractivity contribution in [2.45, 2.75) is 12.8 Å². The Morgan fingerprint density at radius 2 is 2.17 bits per heavy atom. The van der Waals surface area contributed by atoms with Crippen LogP contribution in [-0.2, 0) is 7.05 Å². The summed E-state index contributed by atoms with van der Waals surface area (Å²) in [5.74, 6) is 2.41. The second-order valence-corrected chi connectivity index (χ2v) is 6.04. The Labute approximate surface area is 138 Å². The third kappa shape index (κ3) is 2.94. The summed E-state index contributed by atoms with van der Waals surface area (Å²) in [6.45, 7) is 0.724. The molecular weight excluding hydrogens is 316 g/mol. The zero-order valence-corrected chi connectivity index (χ0v) is 13.3. The third-order valence-corrected chi connectivity index (χ3v) is 4.08. The zero-order valence-electron chi connectivity index (χ0n) is 12.6. The number of ether oxygens (including phenoxy) is 2. The minimum absolute atomic E-state index is 0.450. The molecule has 23 heavy (non-hydrogen) atoms. The smallest absolute Gasteiger partial charge is 0.233 e. The number of benzene rings is 1. The molecule has 0 aliphatic heterocycles. The second-order valence-electron chi connectivity index (χ2n) is 5.63. The average molecular weight is 331 g/mol. The molecule has 2 heterocycles. The topological polar surface area (TPSA) is 62.1 Å². The van der Waals surface area contributed by atoms with Crippen LogP contribution in [0.2, 0.25) is 5.02 Å². The Balaban J connectivity index is 1.56. The molecule has 1 aliphatic rings. The highest BCUT2D eigenvalue weighted by Crippen LogP contribution is 2.35. The van der Waals surface area contributed by atoms with Gasteiger partial charge in [0, 0.05) is 13.1 Å². The van der Waals surface area contributed by atoms with E-state index in [1.165, 1.54) is 19.2 Å². The van der Waals surface area contributed by atoms with Gasteiger partial charge in [-0.15, -0.1) is 0 Å². The molecule has 0 N–H and O–H groups in total. The van der Waals surface area contributed by atoms with Crippen LogP contribution >= 0.6 is 11.6 Å². The van der Waals surface area contributed by atoms with Gasteiger partial charge in [-0.3, -0.25) is 4.68 Å². The number of hydrogen-bond acceptors (Lipinski definition) is 5. The quantitative estimate of drug-likeness (QED) is 0.715. The minimum atomic E-state index is 0.450. The average Bonchev–Trinajstić information content (AvgIpc) is 3.30. The molecule has 3 aromatic rings. The van der Waals surface area contributed by atoms with Crippen molar-refractivity contribution in [1.29, 1.82) is 0 Å². The molecule has 0 atom stereocenters. The largest absolute Gasteiger partial charge is 0.492 e. The number of rotatable bonds is 5. The maximum atomic E-state index is 6.27. The maximum absolute atomic E-state index is 6.27. The van der Waals surface area contributed by atoms with E-state index in [0.29, 0.717) is 34.0 Å². The molecule has 0 spiro atoms. The lowest BCUT2D eigenvalue weighted by atomic mass is 10.3. The van der Waals surface area contributed by atoms with Crippen LogP contribution in [0.25, 0.3) is 11.0 Å². The normalized spacial score (nSPS) is 14.2. The molecule has 4 rings (SSSR count). The summed E-state index contributed by atoms with van der Waals surface area (Å²) >= 11 is 6.27. The summed E-state index contributed by atoms with van der Waals surface area (Å²) in [6, 6.07) is 5.37. The molecule has 1 saturated carbocycles. The van der Waals surface area contributed by atoms with Gasteiger partial charge in [-0.1, -0.05) is 11.6 Å². The first-order valence-corrected chi connectivity index (χ1v) is 7.81. The first kappa shape index (κ1) is 14.3. The number of halogens is 1. The van der Waals surface area contributed by atoms with Gasteiger partial charge in [0.2, 0.25) is 5.88 Å². The van der Waals surface area contributed by atoms with Gasteiger partial charge >= 0.3 is 0 Å². The summed E-state index contributed by atoms with van der Waals surface area (Å²) in [5, 5.41) is 5.44. The molecule has 7 heteroatoms. The maximum Gasteiger partial charge on any atom is 0.233 e. The van der Waals surface area contributed by atoms with Crippen molar-refractivity contribution in [1.82, 2.24) is 19.7 Å². The van der Waals surface area contributed by atoms with Gasteiger partial charge in [0.25, 0.3) is 0 Å². The molecule has 0 saturated heterocycles. The Morgan fingerprint density at radius 1 is 1.30 bits per heavy atom.